The molecule has 1 fully saturated rings. The maximum absolute atomic E-state index is 12.1. The molecule has 0 aromatic carbocycles. The van der Waals surface area contributed by atoms with E-state index in [1.54, 1.807) is 0 Å². The van der Waals surface area contributed by atoms with Gasteiger partial charge < -0.3 is 5.11 Å². The van der Waals surface area contributed by atoms with Gasteiger partial charge in [-0.25, -0.2) is 0 Å². The first-order valence-corrected chi connectivity index (χ1v) is 6.94. The van der Waals surface area contributed by atoms with Gasteiger partial charge in [0.15, 0.2) is 0 Å². The molecule has 0 amide bonds. The largest absolute Gasteiger partial charge is 0.480 e. The van der Waals surface area contributed by atoms with E-state index in [0.29, 0.717) is 0 Å². The highest BCUT2D eigenvalue weighted by molar-refractivity contribution is 7.87. The van der Waals surface area contributed by atoms with Crippen LogP contribution in [-0.4, -0.2) is 25.8 Å². The molecule has 0 heterocycles. The lowest BCUT2D eigenvalue weighted by molar-refractivity contribution is -0.137. The van der Waals surface area contributed by atoms with Crippen LogP contribution in [0.25, 0.3) is 0 Å². The summed E-state index contributed by atoms with van der Waals surface area (Å²) in [6.45, 7) is 3.67. The van der Waals surface area contributed by atoms with Gasteiger partial charge in [-0.15, -0.1) is 0 Å². The Labute approximate surface area is 93.7 Å². The smallest absolute Gasteiger partial charge is 0.319 e. The molecule has 0 aromatic heterocycles. The second-order valence-corrected chi connectivity index (χ2v) is 6.42. The number of aliphatic carboxylic acids is 1. The van der Waals surface area contributed by atoms with E-state index in [4.69, 9.17) is 5.11 Å². The third-order valence-electron chi connectivity index (χ3n) is 2.98. The van der Waals surface area contributed by atoms with Gasteiger partial charge in [-0.3, -0.25) is 9.00 Å². The molecule has 1 N–H and O–H groups in total. The lowest BCUT2D eigenvalue weighted by Gasteiger charge is -2.25. The van der Waals surface area contributed by atoms with Crippen LogP contribution in [0.1, 0.15) is 46.0 Å². The Morgan fingerprint density at radius 2 is 1.80 bits per heavy atom. The van der Waals surface area contributed by atoms with Crippen molar-refractivity contribution in [2.75, 3.05) is 0 Å². The fourth-order valence-corrected chi connectivity index (χ4v) is 4.11. The summed E-state index contributed by atoms with van der Waals surface area (Å²) in [5, 5.41) is 8.48. The maximum Gasteiger partial charge on any atom is 0.319 e. The van der Waals surface area contributed by atoms with Gasteiger partial charge in [0.25, 0.3) is 0 Å². The topological polar surface area (TPSA) is 54.4 Å². The molecular weight excluding hydrogens is 212 g/mol. The van der Waals surface area contributed by atoms with Crippen molar-refractivity contribution in [3.8, 4) is 0 Å². The molecular formula is C11H20O3S. The van der Waals surface area contributed by atoms with E-state index in [9.17, 15) is 9.00 Å². The summed E-state index contributed by atoms with van der Waals surface area (Å²) < 4.78 is 12.1. The van der Waals surface area contributed by atoms with Crippen molar-refractivity contribution >= 4 is 16.8 Å². The average molecular weight is 232 g/mol. The SMILES string of the molecule is CC(C)C(C(=O)O)S(=O)C1CCCCC1. The van der Waals surface area contributed by atoms with Crippen molar-refractivity contribution in [3.05, 3.63) is 0 Å². The molecule has 3 nitrogen and oxygen atoms in total. The van der Waals surface area contributed by atoms with Gasteiger partial charge in [0.2, 0.25) is 0 Å². The fraction of sp³-hybridized carbons (Fsp3) is 0.909. The first kappa shape index (κ1) is 12.7. The third-order valence-corrected chi connectivity index (χ3v) is 5.35. The molecule has 0 aromatic rings. The standard InChI is InChI=1S/C11H20O3S/c1-8(2)10(11(12)13)15(14)9-6-4-3-5-7-9/h8-10H,3-7H2,1-2H3,(H,12,13). The second-order valence-electron chi connectivity index (χ2n) is 4.59. The minimum atomic E-state index is -1.20. The molecule has 0 spiro atoms. The van der Waals surface area contributed by atoms with Crippen LogP contribution in [0.15, 0.2) is 0 Å². The van der Waals surface area contributed by atoms with E-state index in [2.05, 4.69) is 0 Å². The van der Waals surface area contributed by atoms with Gasteiger partial charge in [-0.05, 0) is 18.8 Å². The van der Waals surface area contributed by atoms with Crippen molar-refractivity contribution in [2.45, 2.75) is 56.5 Å². The van der Waals surface area contributed by atoms with Crippen LogP contribution >= 0.6 is 0 Å². The predicted molar refractivity (Wildman–Crippen MR) is 61.3 cm³/mol. The van der Waals surface area contributed by atoms with E-state index in [-0.39, 0.29) is 11.2 Å². The molecule has 2 atom stereocenters. The molecule has 88 valence electrons. The third kappa shape index (κ3) is 3.30. The van der Waals surface area contributed by atoms with Gasteiger partial charge in [0.05, 0.1) is 0 Å². The highest BCUT2D eigenvalue weighted by Crippen LogP contribution is 2.26. The zero-order chi connectivity index (χ0) is 11.4. The van der Waals surface area contributed by atoms with Gasteiger partial charge in [0, 0.05) is 16.0 Å². The molecule has 0 aliphatic heterocycles. The Balaban J connectivity index is 2.66. The number of carboxylic acid groups (broad SMARTS) is 1. The molecule has 0 saturated heterocycles. The minimum absolute atomic E-state index is 0.0507. The van der Waals surface area contributed by atoms with Gasteiger partial charge in [-0.1, -0.05) is 33.1 Å². The summed E-state index contributed by atoms with van der Waals surface area (Å²) in [4.78, 5) is 11.0. The lowest BCUT2D eigenvalue weighted by atomic mass is 10.0. The number of hydrogen-bond acceptors (Lipinski definition) is 2. The van der Waals surface area contributed by atoms with E-state index < -0.39 is 22.0 Å². The van der Waals surface area contributed by atoms with Crippen LogP contribution in [0.2, 0.25) is 0 Å². The molecule has 1 rings (SSSR count). The summed E-state index contributed by atoms with van der Waals surface area (Å²) in [6, 6.07) is 0. The lowest BCUT2D eigenvalue weighted by Crippen LogP contribution is -2.37. The Hall–Kier alpha value is -0.380. The highest BCUT2D eigenvalue weighted by atomic mass is 32.2. The number of carbonyl (C=O) groups is 1. The Bertz CT molecular complexity index is 244. The van der Waals surface area contributed by atoms with E-state index in [1.165, 1.54) is 6.42 Å². The average Bonchev–Trinajstić information content (AvgIpc) is 2.18. The molecule has 0 bridgehead atoms. The van der Waals surface area contributed by atoms with Crippen molar-refractivity contribution in [3.63, 3.8) is 0 Å². The quantitative estimate of drug-likeness (QED) is 0.808. The Kier molecular flexibility index (Phi) is 4.77. The molecule has 15 heavy (non-hydrogen) atoms. The normalized spacial score (nSPS) is 22.6. The van der Waals surface area contributed by atoms with E-state index in [1.807, 2.05) is 13.8 Å². The van der Waals surface area contributed by atoms with Gasteiger partial charge in [0.1, 0.15) is 5.25 Å². The summed E-state index contributed by atoms with van der Waals surface area (Å²) in [5.41, 5.74) is 0. The predicted octanol–water partition coefficient (Wildman–Crippen LogP) is 2.18. The molecule has 2 unspecified atom stereocenters. The first-order valence-electron chi connectivity index (χ1n) is 5.66. The van der Waals surface area contributed by atoms with E-state index in [0.717, 1.165) is 25.7 Å². The maximum atomic E-state index is 12.1. The van der Waals surface area contributed by atoms with Gasteiger partial charge >= 0.3 is 5.97 Å². The van der Waals surface area contributed by atoms with Crippen LogP contribution in [0.5, 0.6) is 0 Å². The number of carboxylic acids is 1. The highest BCUT2D eigenvalue weighted by Gasteiger charge is 2.33. The summed E-state index contributed by atoms with van der Waals surface area (Å²) in [6.07, 6.45) is 5.26. The molecule has 4 heteroatoms. The Morgan fingerprint density at radius 1 is 1.27 bits per heavy atom. The van der Waals surface area contributed by atoms with Crippen LogP contribution in [-0.2, 0) is 15.6 Å². The molecule has 1 saturated carbocycles. The van der Waals surface area contributed by atoms with Crippen LogP contribution in [0.4, 0.5) is 0 Å². The zero-order valence-corrected chi connectivity index (χ0v) is 10.3. The monoisotopic (exact) mass is 232 g/mol. The Morgan fingerprint density at radius 3 is 2.20 bits per heavy atom. The van der Waals surface area contributed by atoms with Crippen molar-refractivity contribution in [2.24, 2.45) is 5.92 Å². The fourth-order valence-electron chi connectivity index (χ4n) is 2.16. The molecule has 1 aliphatic carbocycles. The van der Waals surface area contributed by atoms with Crippen LogP contribution in [0.3, 0.4) is 0 Å². The van der Waals surface area contributed by atoms with Crippen molar-refractivity contribution < 1.29 is 14.1 Å². The summed E-state index contributed by atoms with van der Waals surface area (Å²) >= 11 is 0. The minimum Gasteiger partial charge on any atom is -0.480 e. The van der Waals surface area contributed by atoms with Gasteiger partial charge in [-0.2, -0.15) is 0 Å². The van der Waals surface area contributed by atoms with Crippen LogP contribution in [0, 0.1) is 5.92 Å². The van der Waals surface area contributed by atoms with Crippen molar-refractivity contribution in [1.82, 2.24) is 0 Å². The van der Waals surface area contributed by atoms with Crippen molar-refractivity contribution in [1.29, 1.82) is 0 Å². The zero-order valence-electron chi connectivity index (χ0n) is 9.44. The van der Waals surface area contributed by atoms with Crippen LogP contribution < -0.4 is 0 Å². The molecule has 0 radical (unpaired) electrons. The van der Waals surface area contributed by atoms with E-state index >= 15 is 0 Å². The first-order chi connectivity index (χ1) is 7.04. The summed E-state index contributed by atoms with van der Waals surface area (Å²) in [5.74, 6) is -0.959. The summed E-state index contributed by atoms with van der Waals surface area (Å²) in [7, 11) is -1.20. The molecule has 1 aliphatic rings. The second kappa shape index (κ2) is 5.64. The number of rotatable bonds is 4. The number of hydrogen-bond donors (Lipinski definition) is 1.